The second-order valence-electron chi connectivity index (χ2n) is 5.12. The van der Waals surface area contributed by atoms with E-state index in [4.69, 9.17) is 9.47 Å². The molecule has 1 aliphatic rings. The van der Waals surface area contributed by atoms with Crippen LogP contribution in [0.25, 0.3) is 0 Å². The molecule has 0 saturated carbocycles. The van der Waals surface area contributed by atoms with Crippen LogP contribution >= 0.6 is 0 Å². The fourth-order valence-electron chi connectivity index (χ4n) is 2.18. The molecule has 1 fully saturated rings. The minimum atomic E-state index is 0.558. The van der Waals surface area contributed by atoms with E-state index in [0.717, 1.165) is 46.0 Å². The van der Waals surface area contributed by atoms with Crippen LogP contribution in [0, 0.1) is 5.92 Å². The highest BCUT2D eigenvalue weighted by atomic mass is 16.5. The minimum absolute atomic E-state index is 0.558. The summed E-state index contributed by atoms with van der Waals surface area (Å²) >= 11 is 0. The van der Waals surface area contributed by atoms with Gasteiger partial charge < -0.3 is 14.8 Å². The van der Waals surface area contributed by atoms with E-state index in [1.54, 1.807) is 7.11 Å². The lowest BCUT2D eigenvalue weighted by atomic mass is 10.1. The maximum Gasteiger partial charge on any atom is 0.0594 e. The zero-order valence-electron chi connectivity index (χ0n) is 11.6. The molecular weight excluding hydrogens is 216 g/mol. The van der Waals surface area contributed by atoms with E-state index in [9.17, 15) is 0 Å². The van der Waals surface area contributed by atoms with Crippen molar-refractivity contribution in [3.8, 4) is 0 Å². The molecule has 1 aliphatic heterocycles. The van der Waals surface area contributed by atoms with Gasteiger partial charge in [-0.25, -0.2) is 0 Å². The van der Waals surface area contributed by atoms with Crippen LogP contribution in [0.3, 0.4) is 0 Å². The van der Waals surface area contributed by atoms with Crippen molar-refractivity contribution < 1.29 is 9.47 Å². The van der Waals surface area contributed by atoms with Crippen LogP contribution in [0.4, 0.5) is 0 Å². The summed E-state index contributed by atoms with van der Waals surface area (Å²) in [6.45, 7) is 11.5. The van der Waals surface area contributed by atoms with Crippen molar-refractivity contribution in [1.29, 1.82) is 0 Å². The van der Waals surface area contributed by atoms with E-state index < -0.39 is 0 Å². The first-order chi connectivity index (χ1) is 8.22. The fourth-order valence-corrected chi connectivity index (χ4v) is 2.18. The van der Waals surface area contributed by atoms with Crippen molar-refractivity contribution in [2.45, 2.75) is 26.3 Å². The maximum atomic E-state index is 5.34. The van der Waals surface area contributed by atoms with Crippen LogP contribution in [-0.2, 0) is 9.47 Å². The van der Waals surface area contributed by atoms with Gasteiger partial charge in [0, 0.05) is 39.4 Å². The molecule has 4 nitrogen and oxygen atoms in total. The molecule has 0 radical (unpaired) electrons. The van der Waals surface area contributed by atoms with E-state index in [-0.39, 0.29) is 0 Å². The number of ether oxygens (including phenoxy) is 2. The van der Waals surface area contributed by atoms with Gasteiger partial charge in [0.1, 0.15) is 0 Å². The molecule has 0 aromatic carbocycles. The molecule has 0 spiro atoms. The van der Waals surface area contributed by atoms with Gasteiger partial charge in [-0.05, 0) is 25.8 Å². The first-order valence-corrected chi connectivity index (χ1v) is 6.74. The van der Waals surface area contributed by atoms with E-state index in [1.807, 2.05) is 0 Å². The van der Waals surface area contributed by atoms with Crippen molar-refractivity contribution in [2.75, 3.05) is 53.1 Å². The Balaban J connectivity index is 2.02. The largest absolute Gasteiger partial charge is 0.384 e. The van der Waals surface area contributed by atoms with Crippen molar-refractivity contribution in [3.63, 3.8) is 0 Å². The molecule has 4 heteroatoms. The van der Waals surface area contributed by atoms with Gasteiger partial charge in [0.15, 0.2) is 0 Å². The zero-order valence-corrected chi connectivity index (χ0v) is 11.6. The van der Waals surface area contributed by atoms with Crippen LogP contribution in [0.15, 0.2) is 0 Å². The highest BCUT2D eigenvalue weighted by Gasteiger charge is 2.13. The van der Waals surface area contributed by atoms with Gasteiger partial charge in [0.2, 0.25) is 0 Å². The Hall–Kier alpha value is -0.160. The third-order valence-electron chi connectivity index (χ3n) is 3.22. The monoisotopic (exact) mass is 244 g/mol. The van der Waals surface area contributed by atoms with E-state index in [1.165, 1.54) is 6.42 Å². The van der Waals surface area contributed by atoms with E-state index in [0.29, 0.717) is 12.0 Å². The van der Waals surface area contributed by atoms with Gasteiger partial charge in [0.25, 0.3) is 0 Å². The first kappa shape index (κ1) is 14.9. The molecule has 0 aromatic heterocycles. The highest BCUT2D eigenvalue weighted by molar-refractivity contribution is 4.70. The van der Waals surface area contributed by atoms with Crippen LogP contribution in [-0.4, -0.2) is 64.1 Å². The Morgan fingerprint density at radius 1 is 1.29 bits per heavy atom. The quantitative estimate of drug-likeness (QED) is 0.690. The van der Waals surface area contributed by atoms with Crippen LogP contribution < -0.4 is 5.32 Å². The van der Waals surface area contributed by atoms with E-state index in [2.05, 4.69) is 24.1 Å². The Kier molecular flexibility index (Phi) is 7.77. The topological polar surface area (TPSA) is 33.7 Å². The molecule has 0 amide bonds. The lowest BCUT2D eigenvalue weighted by Crippen LogP contribution is -2.44. The number of rotatable bonds is 8. The minimum Gasteiger partial charge on any atom is -0.384 e. The van der Waals surface area contributed by atoms with Crippen molar-refractivity contribution >= 4 is 0 Å². The van der Waals surface area contributed by atoms with Gasteiger partial charge in [-0.3, -0.25) is 4.90 Å². The second-order valence-corrected chi connectivity index (χ2v) is 5.12. The van der Waals surface area contributed by atoms with Gasteiger partial charge in [-0.2, -0.15) is 0 Å². The summed E-state index contributed by atoms with van der Waals surface area (Å²) in [5.74, 6) is 0.642. The molecule has 0 bridgehead atoms. The van der Waals surface area contributed by atoms with Crippen LogP contribution in [0.5, 0.6) is 0 Å². The predicted molar refractivity (Wildman–Crippen MR) is 70.4 cm³/mol. The normalized spacial score (nSPS) is 21.4. The number of hydrogen-bond acceptors (Lipinski definition) is 4. The fraction of sp³-hybridized carbons (Fsp3) is 1.00. The third-order valence-corrected chi connectivity index (χ3v) is 3.22. The molecule has 1 heterocycles. The summed E-state index contributed by atoms with van der Waals surface area (Å²) in [6, 6.07) is 0.558. The Labute approximate surface area is 106 Å². The second kappa shape index (κ2) is 8.86. The molecular formula is C13H28N2O2. The van der Waals surface area contributed by atoms with Crippen molar-refractivity contribution in [2.24, 2.45) is 5.92 Å². The van der Waals surface area contributed by atoms with Crippen LogP contribution in [0.1, 0.15) is 20.3 Å². The predicted octanol–water partition coefficient (Wildman–Crippen LogP) is 0.969. The molecule has 0 aromatic rings. The number of methoxy groups -OCH3 is 1. The van der Waals surface area contributed by atoms with E-state index >= 15 is 0 Å². The lowest BCUT2D eigenvalue weighted by molar-refractivity contribution is 0.0343. The molecule has 1 rings (SSSR count). The van der Waals surface area contributed by atoms with Gasteiger partial charge in [0.05, 0.1) is 13.2 Å². The molecule has 0 aliphatic carbocycles. The highest BCUT2D eigenvalue weighted by Crippen LogP contribution is 2.02. The van der Waals surface area contributed by atoms with Crippen molar-refractivity contribution in [1.82, 2.24) is 10.2 Å². The SMILES string of the molecule is COCC(C)CCNC(C)CN1CCOCC1. The number of morpholine rings is 1. The summed E-state index contributed by atoms with van der Waals surface area (Å²) in [6.07, 6.45) is 1.18. The summed E-state index contributed by atoms with van der Waals surface area (Å²) in [4.78, 5) is 2.47. The Morgan fingerprint density at radius 3 is 2.65 bits per heavy atom. The van der Waals surface area contributed by atoms with Crippen LogP contribution in [0.2, 0.25) is 0 Å². The molecule has 2 unspecified atom stereocenters. The molecule has 1 N–H and O–H groups in total. The van der Waals surface area contributed by atoms with Gasteiger partial charge >= 0.3 is 0 Å². The molecule has 17 heavy (non-hydrogen) atoms. The molecule has 2 atom stereocenters. The smallest absolute Gasteiger partial charge is 0.0594 e. The standard InChI is InChI=1S/C13H28N2O2/c1-12(11-16-3)4-5-14-13(2)10-15-6-8-17-9-7-15/h12-14H,4-11H2,1-3H3. The maximum absolute atomic E-state index is 5.34. The number of nitrogens with one attached hydrogen (secondary N) is 1. The third kappa shape index (κ3) is 6.99. The molecule has 102 valence electrons. The number of nitrogens with zero attached hydrogens (tertiary/aromatic N) is 1. The lowest BCUT2D eigenvalue weighted by Gasteiger charge is -2.29. The Bertz CT molecular complexity index is 184. The summed E-state index contributed by atoms with van der Waals surface area (Å²) < 4.78 is 10.5. The molecule has 1 saturated heterocycles. The summed E-state index contributed by atoms with van der Waals surface area (Å²) in [5.41, 5.74) is 0. The summed E-state index contributed by atoms with van der Waals surface area (Å²) in [7, 11) is 1.77. The Morgan fingerprint density at radius 2 is 2.00 bits per heavy atom. The van der Waals surface area contributed by atoms with Crippen molar-refractivity contribution in [3.05, 3.63) is 0 Å². The van der Waals surface area contributed by atoms with Gasteiger partial charge in [-0.1, -0.05) is 6.92 Å². The summed E-state index contributed by atoms with van der Waals surface area (Å²) in [5, 5.41) is 3.58. The average Bonchev–Trinajstić information content (AvgIpc) is 2.30. The average molecular weight is 244 g/mol. The van der Waals surface area contributed by atoms with Gasteiger partial charge in [-0.15, -0.1) is 0 Å². The number of hydrogen-bond donors (Lipinski definition) is 1. The first-order valence-electron chi connectivity index (χ1n) is 6.74. The zero-order chi connectivity index (χ0) is 12.5.